The van der Waals surface area contributed by atoms with E-state index in [1.807, 2.05) is 0 Å². The van der Waals surface area contributed by atoms with Crippen molar-refractivity contribution in [2.24, 2.45) is 11.8 Å². The van der Waals surface area contributed by atoms with Gasteiger partial charge >= 0.3 is 0 Å². The summed E-state index contributed by atoms with van der Waals surface area (Å²) in [5, 5.41) is 10.4. The van der Waals surface area contributed by atoms with Gasteiger partial charge in [0.25, 0.3) is 0 Å². The minimum absolute atomic E-state index is 0.129. The Labute approximate surface area is 128 Å². The fourth-order valence-corrected chi connectivity index (χ4v) is 4.22. The summed E-state index contributed by atoms with van der Waals surface area (Å²) in [7, 11) is 0. The highest BCUT2D eigenvalue weighted by molar-refractivity contribution is 5.30. The molecule has 116 valence electrons. The SMILES string of the molecule is CCCC1CCC(O)C(CC2OCCc3ccccc32)C1. The van der Waals surface area contributed by atoms with Crippen LogP contribution in [0, 0.1) is 11.8 Å². The van der Waals surface area contributed by atoms with Crippen LogP contribution in [0.15, 0.2) is 24.3 Å². The molecule has 1 saturated carbocycles. The van der Waals surface area contributed by atoms with Gasteiger partial charge in [0.2, 0.25) is 0 Å². The Morgan fingerprint density at radius 1 is 1.24 bits per heavy atom. The Hall–Kier alpha value is -0.860. The molecule has 1 fully saturated rings. The zero-order chi connectivity index (χ0) is 14.7. The van der Waals surface area contributed by atoms with Crippen LogP contribution in [0.25, 0.3) is 0 Å². The lowest BCUT2D eigenvalue weighted by atomic mass is 9.74. The van der Waals surface area contributed by atoms with Crippen molar-refractivity contribution in [3.63, 3.8) is 0 Å². The first kappa shape index (κ1) is 15.1. The number of rotatable bonds is 4. The summed E-state index contributed by atoms with van der Waals surface area (Å²) >= 11 is 0. The molecular formula is C19H28O2. The summed E-state index contributed by atoms with van der Waals surface area (Å²) in [5.41, 5.74) is 2.79. The number of fused-ring (bicyclic) bond motifs is 1. The second-order valence-electron chi connectivity index (χ2n) is 6.84. The molecule has 2 nitrogen and oxygen atoms in total. The van der Waals surface area contributed by atoms with Crippen molar-refractivity contribution in [3.05, 3.63) is 35.4 Å². The minimum Gasteiger partial charge on any atom is -0.393 e. The second kappa shape index (κ2) is 6.93. The van der Waals surface area contributed by atoms with Gasteiger partial charge in [0.1, 0.15) is 0 Å². The smallest absolute Gasteiger partial charge is 0.0831 e. The molecule has 0 bridgehead atoms. The average molecular weight is 288 g/mol. The maximum atomic E-state index is 10.4. The molecule has 21 heavy (non-hydrogen) atoms. The third kappa shape index (κ3) is 3.49. The van der Waals surface area contributed by atoms with Crippen LogP contribution in [0.5, 0.6) is 0 Å². The Morgan fingerprint density at radius 2 is 2.10 bits per heavy atom. The Balaban J connectivity index is 1.68. The van der Waals surface area contributed by atoms with Gasteiger partial charge in [-0.25, -0.2) is 0 Å². The number of aliphatic hydroxyl groups excluding tert-OH is 1. The van der Waals surface area contributed by atoms with E-state index in [9.17, 15) is 5.11 Å². The van der Waals surface area contributed by atoms with Crippen molar-refractivity contribution in [1.82, 2.24) is 0 Å². The van der Waals surface area contributed by atoms with Crippen molar-refractivity contribution in [2.45, 2.75) is 64.1 Å². The molecular weight excluding hydrogens is 260 g/mol. The van der Waals surface area contributed by atoms with Crippen LogP contribution in [0.1, 0.15) is 62.7 Å². The molecule has 2 aliphatic rings. The first-order chi connectivity index (χ1) is 10.3. The molecule has 0 radical (unpaired) electrons. The maximum Gasteiger partial charge on any atom is 0.0831 e. The lowest BCUT2D eigenvalue weighted by molar-refractivity contribution is -0.0193. The summed E-state index contributed by atoms with van der Waals surface area (Å²) in [4.78, 5) is 0. The Bertz CT molecular complexity index is 457. The van der Waals surface area contributed by atoms with Gasteiger partial charge in [-0.15, -0.1) is 0 Å². The van der Waals surface area contributed by atoms with Gasteiger partial charge < -0.3 is 9.84 Å². The Kier molecular flexibility index (Phi) is 4.97. The molecule has 1 aliphatic carbocycles. The highest BCUT2D eigenvalue weighted by Crippen LogP contribution is 2.40. The summed E-state index contributed by atoms with van der Waals surface area (Å²) in [6.45, 7) is 3.09. The van der Waals surface area contributed by atoms with Crippen LogP contribution < -0.4 is 0 Å². The lowest BCUT2D eigenvalue weighted by Crippen LogP contribution is -2.31. The standard InChI is InChI=1S/C19H28O2/c1-2-5-14-8-9-18(20)16(12-14)13-19-17-7-4-3-6-15(17)10-11-21-19/h3-4,6-7,14,16,18-20H,2,5,8-13H2,1H3. The fourth-order valence-electron chi connectivity index (χ4n) is 4.22. The molecule has 0 spiro atoms. The quantitative estimate of drug-likeness (QED) is 0.896. The number of hydrogen-bond donors (Lipinski definition) is 1. The van der Waals surface area contributed by atoms with Crippen LogP contribution in [-0.2, 0) is 11.2 Å². The number of ether oxygens (including phenoxy) is 1. The van der Waals surface area contributed by atoms with Gasteiger partial charge in [-0.2, -0.15) is 0 Å². The van der Waals surface area contributed by atoms with Gasteiger partial charge in [0.15, 0.2) is 0 Å². The molecule has 4 unspecified atom stereocenters. The van der Waals surface area contributed by atoms with Crippen LogP contribution in [-0.4, -0.2) is 17.8 Å². The van der Waals surface area contributed by atoms with E-state index in [-0.39, 0.29) is 12.2 Å². The van der Waals surface area contributed by atoms with Gasteiger partial charge in [-0.3, -0.25) is 0 Å². The largest absolute Gasteiger partial charge is 0.393 e. The van der Waals surface area contributed by atoms with Gasteiger partial charge in [-0.1, -0.05) is 44.0 Å². The van der Waals surface area contributed by atoms with E-state index in [0.717, 1.165) is 31.8 Å². The second-order valence-corrected chi connectivity index (χ2v) is 6.84. The molecule has 4 atom stereocenters. The van der Waals surface area contributed by atoms with E-state index in [1.54, 1.807) is 0 Å². The van der Waals surface area contributed by atoms with Crippen molar-refractivity contribution >= 4 is 0 Å². The number of hydrogen-bond acceptors (Lipinski definition) is 2. The molecule has 0 amide bonds. The number of benzene rings is 1. The molecule has 1 aromatic rings. The fraction of sp³-hybridized carbons (Fsp3) is 0.684. The monoisotopic (exact) mass is 288 g/mol. The van der Waals surface area contributed by atoms with E-state index >= 15 is 0 Å². The van der Waals surface area contributed by atoms with Crippen LogP contribution >= 0.6 is 0 Å². The summed E-state index contributed by atoms with van der Waals surface area (Å²) < 4.78 is 6.04. The predicted octanol–water partition coefficient (Wildman–Crippen LogP) is 4.27. The highest BCUT2D eigenvalue weighted by Gasteiger charge is 2.32. The van der Waals surface area contributed by atoms with E-state index in [4.69, 9.17) is 4.74 Å². The summed E-state index contributed by atoms with van der Waals surface area (Å²) in [6, 6.07) is 8.66. The molecule has 1 aromatic carbocycles. The first-order valence-corrected chi connectivity index (χ1v) is 8.65. The van der Waals surface area contributed by atoms with Crippen molar-refractivity contribution < 1.29 is 9.84 Å². The van der Waals surface area contributed by atoms with E-state index in [2.05, 4.69) is 31.2 Å². The molecule has 1 N–H and O–H groups in total. The minimum atomic E-state index is -0.129. The third-order valence-corrected chi connectivity index (χ3v) is 5.36. The third-order valence-electron chi connectivity index (χ3n) is 5.36. The zero-order valence-corrected chi connectivity index (χ0v) is 13.1. The lowest BCUT2D eigenvalue weighted by Gasteiger charge is -2.36. The predicted molar refractivity (Wildman–Crippen MR) is 85.2 cm³/mol. The Morgan fingerprint density at radius 3 is 2.95 bits per heavy atom. The van der Waals surface area contributed by atoms with E-state index in [0.29, 0.717) is 5.92 Å². The summed E-state index contributed by atoms with van der Waals surface area (Å²) in [6.07, 6.45) is 8.00. The summed E-state index contributed by atoms with van der Waals surface area (Å²) in [5.74, 6) is 1.22. The zero-order valence-electron chi connectivity index (χ0n) is 13.1. The van der Waals surface area contributed by atoms with Crippen LogP contribution in [0.3, 0.4) is 0 Å². The number of aliphatic hydroxyl groups is 1. The van der Waals surface area contributed by atoms with Crippen molar-refractivity contribution in [3.8, 4) is 0 Å². The highest BCUT2D eigenvalue weighted by atomic mass is 16.5. The molecule has 0 saturated heterocycles. The van der Waals surface area contributed by atoms with Crippen molar-refractivity contribution in [2.75, 3.05) is 6.61 Å². The van der Waals surface area contributed by atoms with Crippen LogP contribution in [0.4, 0.5) is 0 Å². The molecule has 1 aliphatic heterocycles. The first-order valence-electron chi connectivity index (χ1n) is 8.65. The van der Waals surface area contributed by atoms with Gasteiger partial charge in [0.05, 0.1) is 18.8 Å². The van der Waals surface area contributed by atoms with Crippen molar-refractivity contribution in [1.29, 1.82) is 0 Å². The van der Waals surface area contributed by atoms with Gasteiger partial charge in [-0.05, 0) is 55.1 Å². The molecule has 1 heterocycles. The topological polar surface area (TPSA) is 29.5 Å². The van der Waals surface area contributed by atoms with Crippen LogP contribution in [0.2, 0.25) is 0 Å². The molecule has 2 heteroatoms. The normalized spacial score (nSPS) is 32.7. The average Bonchev–Trinajstić information content (AvgIpc) is 2.51. The van der Waals surface area contributed by atoms with E-state index in [1.165, 1.54) is 36.8 Å². The molecule has 0 aromatic heterocycles. The van der Waals surface area contributed by atoms with E-state index < -0.39 is 0 Å². The maximum absolute atomic E-state index is 10.4. The molecule has 3 rings (SSSR count). The van der Waals surface area contributed by atoms with Gasteiger partial charge in [0, 0.05) is 0 Å².